The standard InChI is InChI=1S/C22H22ClNO4/c1-22(2,3)21(27)24-18-10-8-16(9-11-18)19(25)14-28-20(26)12-7-15-5-4-6-17(23)13-15/h4-13H,14H2,1-3H3,(H,24,27)/b12-7+. The minimum atomic E-state index is -0.623. The summed E-state index contributed by atoms with van der Waals surface area (Å²) in [5, 5.41) is 3.34. The van der Waals surface area contributed by atoms with Gasteiger partial charge in [-0.1, -0.05) is 44.5 Å². The summed E-state index contributed by atoms with van der Waals surface area (Å²) in [5.74, 6) is -1.08. The minimum Gasteiger partial charge on any atom is -0.454 e. The molecule has 0 aliphatic rings. The number of hydrogen-bond donors (Lipinski definition) is 1. The lowest BCUT2D eigenvalue weighted by atomic mass is 9.95. The Morgan fingerprint density at radius 1 is 1.07 bits per heavy atom. The van der Waals surface area contributed by atoms with Crippen LogP contribution in [0.1, 0.15) is 36.7 Å². The molecular formula is C22H22ClNO4. The van der Waals surface area contributed by atoms with Crippen LogP contribution in [0.5, 0.6) is 0 Å². The first-order valence-corrected chi connectivity index (χ1v) is 9.08. The molecule has 0 aliphatic heterocycles. The molecule has 1 amide bonds. The third-order valence-electron chi connectivity index (χ3n) is 3.75. The number of esters is 1. The van der Waals surface area contributed by atoms with Crippen LogP contribution < -0.4 is 5.32 Å². The van der Waals surface area contributed by atoms with Crippen molar-refractivity contribution in [2.45, 2.75) is 20.8 Å². The second-order valence-corrected chi connectivity index (χ2v) is 7.64. The zero-order valence-electron chi connectivity index (χ0n) is 16.0. The Labute approximate surface area is 169 Å². The van der Waals surface area contributed by atoms with Gasteiger partial charge in [0.2, 0.25) is 5.91 Å². The van der Waals surface area contributed by atoms with Crippen LogP contribution in [0.2, 0.25) is 5.02 Å². The predicted octanol–water partition coefficient (Wildman–Crippen LogP) is 4.76. The molecule has 2 aromatic carbocycles. The van der Waals surface area contributed by atoms with Crippen LogP contribution in [0, 0.1) is 5.41 Å². The van der Waals surface area contributed by atoms with Crippen molar-refractivity contribution in [3.8, 4) is 0 Å². The Hall–Kier alpha value is -2.92. The van der Waals surface area contributed by atoms with Crippen molar-refractivity contribution in [3.63, 3.8) is 0 Å². The zero-order valence-corrected chi connectivity index (χ0v) is 16.7. The normalized spacial score (nSPS) is 11.3. The number of halogens is 1. The van der Waals surface area contributed by atoms with Crippen LogP contribution in [0.3, 0.4) is 0 Å². The van der Waals surface area contributed by atoms with Crippen molar-refractivity contribution in [1.82, 2.24) is 0 Å². The topological polar surface area (TPSA) is 72.5 Å². The first-order chi connectivity index (χ1) is 13.1. The average Bonchev–Trinajstić information content (AvgIpc) is 2.64. The summed E-state index contributed by atoms with van der Waals surface area (Å²) in [6.07, 6.45) is 2.80. The largest absolute Gasteiger partial charge is 0.454 e. The summed E-state index contributed by atoms with van der Waals surface area (Å²) in [4.78, 5) is 35.9. The summed E-state index contributed by atoms with van der Waals surface area (Å²) in [6, 6.07) is 13.4. The second-order valence-electron chi connectivity index (χ2n) is 7.20. The first kappa shape index (κ1) is 21.4. The number of nitrogens with one attached hydrogen (secondary N) is 1. The highest BCUT2D eigenvalue weighted by Crippen LogP contribution is 2.18. The van der Waals surface area contributed by atoms with E-state index in [-0.39, 0.29) is 18.3 Å². The van der Waals surface area contributed by atoms with Crippen molar-refractivity contribution in [1.29, 1.82) is 0 Å². The molecule has 0 bridgehead atoms. The van der Waals surface area contributed by atoms with Gasteiger partial charge >= 0.3 is 5.97 Å². The quantitative estimate of drug-likeness (QED) is 0.431. The van der Waals surface area contributed by atoms with E-state index in [1.54, 1.807) is 54.6 Å². The first-order valence-electron chi connectivity index (χ1n) is 8.70. The average molecular weight is 400 g/mol. The maximum atomic E-state index is 12.2. The molecular weight excluding hydrogens is 378 g/mol. The van der Waals surface area contributed by atoms with Gasteiger partial charge in [0, 0.05) is 27.8 Å². The van der Waals surface area contributed by atoms with E-state index in [9.17, 15) is 14.4 Å². The van der Waals surface area contributed by atoms with E-state index in [0.717, 1.165) is 5.56 Å². The van der Waals surface area contributed by atoms with Crippen molar-refractivity contribution in [2.75, 3.05) is 11.9 Å². The fourth-order valence-corrected chi connectivity index (χ4v) is 2.30. The number of Topliss-reactive ketones (excluding diaryl/α,β-unsaturated/α-hetero) is 1. The van der Waals surface area contributed by atoms with Crippen LogP contribution >= 0.6 is 11.6 Å². The number of benzene rings is 2. The predicted molar refractivity (Wildman–Crippen MR) is 110 cm³/mol. The molecule has 1 N–H and O–H groups in total. The van der Waals surface area contributed by atoms with Gasteiger partial charge in [-0.05, 0) is 48.0 Å². The van der Waals surface area contributed by atoms with E-state index in [1.807, 2.05) is 20.8 Å². The Bertz CT molecular complexity index is 895. The van der Waals surface area contributed by atoms with E-state index < -0.39 is 11.4 Å². The lowest BCUT2D eigenvalue weighted by Gasteiger charge is -2.17. The third kappa shape index (κ3) is 6.67. The number of rotatable bonds is 6. The molecule has 28 heavy (non-hydrogen) atoms. The van der Waals surface area contributed by atoms with Gasteiger partial charge in [0.1, 0.15) is 0 Å². The lowest BCUT2D eigenvalue weighted by Crippen LogP contribution is -2.27. The van der Waals surface area contributed by atoms with Crippen LogP contribution in [0.4, 0.5) is 5.69 Å². The fraction of sp³-hybridized carbons (Fsp3) is 0.227. The minimum absolute atomic E-state index is 0.119. The summed E-state index contributed by atoms with van der Waals surface area (Å²) in [5.41, 5.74) is 1.23. The van der Waals surface area contributed by atoms with E-state index in [4.69, 9.17) is 16.3 Å². The summed E-state index contributed by atoms with van der Waals surface area (Å²) < 4.78 is 4.97. The Balaban J connectivity index is 1.87. The number of ketones is 1. The van der Waals surface area contributed by atoms with Gasteiger partial charge in [0.05, 0.1) is 0 Å². The Morgan fingerprint density at radius 3 is 2.36 bits per heavy atom. The number of hydrogen-bond acceptors (Lipinski definition) is 4. The third-order valence-corrected chi connectivity index (χ3v) is 3.99. The Kier molecular flexibility index (Phi) is 7.12. The molecule has 5 nitrogen and oxygen atoms in total. The number of anilines is 1. The van der Waals surface area contributed by atoms with Gasteiger partial charge in [0.15, 0.2) is 12.4 Å². The highest BCUT2D eigenvalue weighted by molar-refractivity contribution is 6.30. The molecule has 0 aromatic heterocycles. The monoisotopic (exact) mass is 399 g/mol. The molecule has 2 rings (SSSR count). The number of ether oxygens (including phenoxy) is 1. The number of amides is 1. The number of carbonyl (C=O) groups excluding carboxylic acids is 3. The van der Waals surface area contributed by atoms with E-state index >= 15 is 0 Å². The smallest absolute Gasteiger partial charge is 0.331 e. The maximum Gasteiger partial charge on any atom is 0.331 e. The molecule has 0 fully saturated rings. The molecule has 6 heteroatoms. The van der Waals surface area contributed by atoms with Gasteiger partial charge < -0.3 is 10.1 Å². The highest BCUT2D eigenvalue weighted by atomic mass is 35.5. The van der Waals surface area contributed by atoms with E-state index in [1.165, 1.54) is 6.08 Å². The van der Waals surface area contributed by atoms with Crippen LogP contribution in [-0.4, -0.2) is 24.3 Å². The van der Waals surface area contributed by atoms with E-state index in [0.29, 0.717) is 16.3 Å². The summed E-state index contributed by atoms with van der Waals surface area (Å²) >= 11 is 5.87. The molecule has 0 saturated heterocycles. The van der Waals surface area contributed by atoms with Gasteiger partial charge in [-0.15, -0.1) is 0 Å². The molecule has 0 atom stereocenters. The molecule has 146 valence electrons. The van der Waals surface area contributed by atoms with Crippen LogP contribution in [0.25, 0.3) is 6.08 Å². The van der Waals surface area contributed by atoms with Crippen LogP contribution in [-0.2, 0) is 14.3 Å². The van der Waals surface area contributed by atoms with Crippen molar-refractivity contribution < 1.29 is 19.1 Å². The van der Waals surface area contributed by atoms with Gasteiger partial charge in [-0.2, -0.15) is 0 Å². The fourth-order valence-electron chi connectivity index (χ4n) is 2.10. The van der Waals surface area contributed by atoms with Gasteiger partial charge in [-0.3, -0.25) is 9.59 Å². The van der Waals surface area contributed by atoms with Gasteiger partial charge in [0.25, 0.3) is 0 Å². The van der Waals surface area contributed by atoms with Gasteiger partial charge in [-0.25, -0.2) is 4.79 Å². The molecule has 0 unspecified atom stereocenters. The number of carbonyl (C=O) groups is 3. The molecule has 0 heterocycles. The van der Waals surface area contributed by atoms with Crippen molar-refractivity contribution in [2.24, 2.45) is 5.41 Å². The van der Waals surface area contributed by atoms with Crippen molar-refractivity contribution in [3.05, 3.63) is 70.8 Å². The second kappa shape index (κ2) is 9.33. The van der Waals surface area contributed by atoms with E-state index in [2.05, 4.69) is 5.32 Å². The molecule has 0 radical (unpaired) electrons. The lowest BCUT2D eigenvalue weighted by molar-refractivity contribution is -0.136. The maximum absolute atomic E-state index is 12.2. The molecule has 0 aliphatic carbocycles. The zero-order chi connectivity index (χ0) is 20.7. The summed E-state index contributed by atoms with van der Waals surface area (Å²) in [6.45, 7) is 5.08. The molecule has 0 saturated carbocycles. The molecule has 0 spiro atoms. The highest BCUT2D eigenvalue weighted by Gasteiger charge is 2.21. The van der Waals surface area contributed by atoms with Crippen LogP contribution in [0.15, 0.2) is 54.6 Å². The SMILES string of the molecule is CC(C)(C)C(=O)Nc1ccc(C(=O)COC(=O)/C=C/c2cccc(Cl)c2)cc1. The molecule has 2 aromatic rings. The summed E-state index contributed by atoms with van der Waals surface area (Å²) in [7, 11) is 0. The Morgan fingerprint density at radius 2 is 1.75 bits per heavy atom. The van der Waals surface area contributed by atoms with Crippen molar-refractivity contribution >= 4 is 41.0 Å².